The van der Waals surface area contributed by atoms with Crippen LogP contribution in [0.3, 0.4) is 0 Å². The maximum Gasteiger partial charge on any atom is 0.146 e. The molecule has 2 aromatic carbocycles. The van der Waals surface area contributed by atoms with Crippen LogP contribution >= 0.6 is 0 Å². The summed E-state index contributed by atoms with van der Waals surface area (Å²) in [6, 6.07) is 14.7. The van der Waals surface area contributed by atoms with Crippen molar-refractivity contribution in [3.8, 4) is 0 Å². The third-order valence-corrected chi connectivity index (χ3v) is 2.60. The second-order valence-corrected chi connectivity index (χ2v) is 3.78. The van der Waals surface area contributed by atoms with Gasteiger partial charge in [0.05, 0.1) is 5.69 Å². The number of anilines is 2. The van der Waals surface area contributed by atoms with E-state index in [2.05, 4.69) is 10.6 Å². The maximum atomic E-state index is 13.3. The molecule has 0 radical (unpaired) electrons. The van der Waals surface area contributed by atoms with Crippen molar-refractivity contribution < 1.29 is 4.39 Å². The molecule has 0 bridgehead atoms. The Balaban J connectivity index is 2.00. The van der Waals surface area contributed by atoms with Gasteiger partial charge in [0, 0.05) is 19.3 Å². The minimum absolute atomic E-state index is 0.223. The van der Waals surface area contributed by atoms with Crippen LogP contribution in [0.15, 0.2) is 48.5 Å². The second kappa shape index (κ2) is 5.34. The normalized spacial score (nSPS) is 10.0. The molecule has 17 heavy (non-hydrogen) atoms. The third-order valence-electron chi connectivity index (χ3n) is 2.60. The first kappa shape index (κ1) is 11.5. The highest BCUT2D eigenvalue weighted by Gasteiger charge is 1.99. The highest BCUT2D eigenvalue weighted by Crippen LogP contribution is 2.15. The summed E-state index contributed by atoms with van der Waals surface area (Å²) in [6.45, 7) is 0.616. The van der Waals surface area contributed by atoms with E-state index in [9.17, 15) is 4.39 Å². The summed E-state index contributed by atoms with van der Waals surface area (Å²) in [5, 5.41) is 6.13. The number of hydrogen-bond donors (Lipinski definition) is 2. The zero-order valence-electron chi connectivity index (χ0n) is 9.70. The molecule has 0 atom stereocenters. The van der Waals surface area contributed by atoms with E-state index in [0.717, 1.165) is 11.3 Å². The van der Waals surface area contributed by atoms with Gasteiger partial charge in [0.25, 0.3) is 0 Å². The lowest BCUT2D eigenvalue weighted by molar-refractivity contribution is 0.630. The van der Waals surface area contributed by atoms with Gasteiger partial charge < -0.3 is 10.6 Å². The summed E-state index contributed by atoms with van der Waals surface area (Å²) in [6.07, 6.45) is 0. The zero-order valence-corrected chi connectivity index (χ0v) is 9.70. The molecular weight excluding hydrogens is 215 g/mol. The highest BCUT2D eigenvalue weighted by atomic mass is 19.1. The first-order chi connectivity index (χ1) is 8.29. The predicted octanol–water partition coefficient (Wildman–Crippen LogP) is 3.48. The van der Waals surface area contributed by atoms with Gasteiger partial charge in [-0.15, -0.1) is 0 Å². The first-order valence-corrected chi connectivity index (χ1v) is 5.54. The SMILES string of the molecule is CNc1ccc(CNc2ccccc2F)cc1. The fraction of sp³-hybridized carbons (Fsp3) is 0.143. The van der Waals surface area contributed by atoms with Crippen LogP contribution in [0.2, 0.25) is 0 Å². The maximum absolute atomic E-state index is 13.3. The van der Waals surface area contributed by atoms with Crippen molar-refractivity contribution in [1.82, 2.24) is 0 Å². The molecule has 0 amide bonds. The van der Waals surface area contributed by atoms with Gasteiger partial charge >= 0.3 is 0 Å². The Labute approximate surface area is 100 Å². The number of para-hydroxylation sites is 1. The van der Waals surface area contributed by atoms with Crippen LogP contribution in [0, 0.1) is 5.82 Å². The largest absolute Gasteiger partial charge is 0.388 e. The zero-order chi connectivity index (χ0) is 12.1. The lowest BCUT2D eigenvalue weighted by Gasteiger charge is -2.08. The van der Waals surface area contributed by atoms with Crippen molar-refractivity contribution in [2.75, 3.05) is 17.7 Å². The van der Waals surface area contributed by atoms with Crippen LogP contribution in [-0.4, -0.2) is 7.05 Å². The van der Waals surface area contributed by atoms with E-state index in [1.807, 2.05) is 37.4 Å². The number of benzene rings is 2. The number of rotatable bonds is 4. The average Bonchev–Trinajstić information content (AvgIpc) is 2.38. The molecule has 0 saturated heterocycles. The van der Waals surface area contributed by atoms with Gasteiger partial charge in [-0.1, -0.05) is 24.3 Å². The number of nitrogens with one attached hydrogen (secondary N) is 2. The first-order valence-electron chi connectivity index (χ1n) is 5.54. The molecule has 2 rings (SSSR count). The number of halogens is 1. The Morgan fingerprint density at radius 1 is 1.00 bits per heavy atom. The van der Waals surface area contributed by atoms with Crippen LogP contribution in [0.4, 0.5) is 15.8 Å². The summed E-state index contributed by atoms with van der Waals surface area (Å²) in [5.74, 6) is -0.223. The summed E-state index contributed by atoms with van der Waals surface area (Å²) >= 11 is 0. The molecule has 0 unspecified atom stereocenters. The summed E-state index contributed by atoms with van der Waals surface area (Å²) < 4.78 is 13.3. The standard InChI is InChI=1S/C14H15FN2/c1-16-12-8-6-11(7-9-12)10-17-14-5-3-2-4-13(14)15/h2-9,16-17H,10H2,1H3. The lowest BCUT2D eigenvalue weighted by Crippen LogP contribution is -2.01. The quantitative estimate of drug-likeness (QED) is 0.840. The van der Waals surface area contributed by atoms with Crippen LogP contribution in [0.25, 0.3) is 0 Å². The molecule has 2 aromatic rings. The van der Waals surface area contributed by atoms with Gasteiger partial charge in [-0.25, -0.2) is 4.39 Å². The van der Waals surface area contributed by atoms with Gasteiger partial charge in [-0.2, -0.15) is 0 Å². The van der Waals surface area contributed by atoms with E-state index in [1.54, 1.807) is 12.1 Å². The van der Waals surface area contributed by atoms with Crippen molar-refractivity contribution >= 4 is 11.4 Å². The van der Waals surface area contributed by atoms with Crippen molar-refractivity contribution in [3.63, 3.8) is 0 Å². The van der Waals surface area contributed by atoms with Crippen LogP contribution in [-0.2, 0) is 6.54 Å². The minimum atomic E-state index is -0.223. The Hall–Kier alpha value is -2.03. The summed E-state index contributed by atoms with van der Waals surface area (Å²) in [5.41, 5.74) is 2.72. The molecule has 0 aromatic heterocycles. The van der Waals surface area contributed by atoms with Crippen LogP contribution < -0.4 is 10.6 Å². The molecule has 0 fully saturated rings. The Morgan fingerprint density at radius 3 is 2.35 bits per heavy atom. The van der Waals surface area contributed by atoms with E-state index < -0.39 is 0 Å². The summed E-state index contributed by atoms with van der Waals surface area (Å²) in [4.78, 5) is 0. The van der Waals surface area contributed by atoms with E-state index in [1.165, 1.54) is 6.07 Å². The molecule has 0 aliphatic heterocycles. The highest BCUT2D eigenvalue weighted by molar-refractivity contribution is 5.47. The van der Waals surface area contributed by atoms with E-state index in [4.69, 9.17) is 0 Å². The molecule has 0 spiro atoms. The van der Waals surface area contributed by atoms with Crippen molar-refractivity contribution in [2.45, 2.75) is 6.54 Å². The Kier molecular flexibility index (Phi) is 3.60. The topological polar surface area (TPSA) is 24.1 Å². The Morgan fingerprint density at radius 2 is 1.71 bits per heavy atom. The molecule has 0 saturated carbocycles. The average molecular weight is 230 g/mol. The Bertz CT molecular complexity index is 480. The second-order valence-electron chi connectivity index (χ2n) is 3.78. The van der Waals surface area contributed by atoms with E-state index >= 15 is 0 Å². The third kappa shape index (κ3) is 2.97. The van der Waals surface area contributed by atoms with E-state index in [0.29, 0.717) is 12.2 Å². The van der Waals surface area contributed by atoms with Gasteiger partial charge in [-0.3, -0.25) is 0 Å². The molecule has 0 heterocycles. The summed E-state index contributed by atoms with van der Waals surface area (Å²) in [7, 11) is 1.88. The molecular formula is C14H15FN2. The van der Waals surface area contributed by atoms with Crippen LogP contribution in [0.5, 0.6) is 0 Å². The fourth-order valence-electron chi connectivity index (χ4n) is 1.59. The van der Waals surface area contributed by atoms with Crippen molar-refractivity contribution in [3.05, 3.63) is 59.9 Å². The van der Waals surface area contributed by atoms with Gasteiger partial charge in [0.2, 0.25) is 0 Å². The van der Waals surface area contributed by atoms with Gasteiger partial charge in [-0.05, 0) is 29.8 Å². The molecule has 0 aliphatic carbocycles. The number of hydrogen-bond acceptors (Lipinski definition) is 2. The lowest BCUT2D eigenvalue weighted by atomic mass is 10.2. The monoisotopic (exact) mass is 230 g/mol. The fourth-order valence-corrected chi connectivity index (χ4v) is 1.59. The molecule has 88 valence electrons. The predicted molar refractivity (Wildman–Crippen MR) is 69.7 cm³/mol. The smallest absolute Gasteiger partial charge is 0.146 e. The molecule has 0 aliphatic rings. The van der Waals surface area contributed by atoms with Crippen LogP contribution in [0.1, 0.15) is 5.56 Å². The van der Waals surface area contributed by atoms with Crippen molar-refractivity contribution in [2.24, 2.45) is 0 Å². The van der Waals surface area contributed by atoms with Gasteiger partial charge in [0.1, 0.15) is 5.82 Å². The molecule has 2 N–H and O–H groups in total. The van der Waals surface area contributed by atoms with E-state index in [-0.39, 0.29) is 5.82 Å². The minimum Gasteiger partial charge on any atom is -0.388 e. The van der Waals surface area contributed by atoms with Gasteiger partial charge in [0.15, 0.2) is 0 Å². The molecule has 3 heteroatoms. The van der Waals surface area contributed by atoms with Crippen molar-refractivity contribution in [1.29, 1.82) is 0 Å². The molecule has 2 nitrogen and oxygen atoms in total.